The summed E-state index contributed by atoms with van der Waals surface area (Å²) in [6.45, 7) is 2.06. The number of hydrogen-bond acceptors (Lipinski definition) is 5. The van der Waals surface area contributed by atoms with E-state index in [2.05, 4.69) is 27.3 Å². The first-order chi connectivity index (χ1) is 11.3. The van der Waals surface area contributed by atoms with E-state index in [4.69, 9.17) is 9.47 Å². The minimum atomic E-state index is -0.177. The molecule has 1 unspecified atom stereocenters. The second-order valence-electron chi connectivity index (χ2n) is 5.55. The van der Waals surface area contributed by atoms with Crippen molar-refractivity contribution < 1.29 is 14.3 Å². The van der Waals surface area contributed by atoms with Crippen LogP contribution in [0.15, 0.2) is 42.5 Å². The molecule has 3 heterocycles. The van der Waals surface area contributed by atoms with Crippen LogP contribution in [0.25, 0.3) is 0 Å². The molecule has 2 aromatic rings. The van der Waals surface area contributed by atoms with Gasteiger partial charge in [-0.3, -0.25) is 4.79 Å². The number of anilines is 2. The molecule has 0 aliphatic carbocycles. The van der Waals surface area contributed by atoms with Crippen molar-refractivity contribution in [2.75, 3.05) is 36.6 Å². The molecule has 1 amide bonds. The smallest absolute Gasteiger partial charge is 0.263 e. The molecule has 1 aromatic heterocycles. The number of rotatable bonds is 2. The highest BCUT2D eigenvalue weighted by Gasteiger charge is 2.27. The number of ether oxygens (including phenoxy) is 2. The topological polar surface area (TPSA) is 63.7 Å². The molecule has 0 saturated carbocycles. The minimum Gasteiger partial charge on any atom is -0.480 e. The van der Waals surface area contributed by atoms with E-state index in [0.717, 1.165) is 12.4 Å². The van der Waals surface area contributed by atoms with Gasteiger partial charge in [-0.1, -0.05) is 30.3 Å². The molecule has 1 atom stereocenters. The van der Waals surface area contributed by atoms with E-state index in [0.29, 0.717) is 24.8 Å². The lowest BCUT2D eigenvalue weighted by atomic mass is 10.0. The van der Waals surface area contributed by atoms with Crippen molar-refractivity contribution >= 4 is 17.5 Å². The molecular weight excluding hydrogens is 294 g/mol. The van der Waals surface area contributed by atoms with Crippen LogP contribution in [0.2, 0.25) is 0 Å². The molecule has 118 valence electrons. The molecule has 1 saturated heterocycles. The average molecular weight is 311 g/mol. The van der Waals surface area contributed by atoms with E-state index in [1.54, 1.807) is 0 Å². The molecule has 23 heavy (non-hydrogen) atoms. The largest absolute Gasteiger partial charge is 0.480 e. The third-order valence-electron chi connectivity index (χ3n) is 4.07. The van der Waals surface area contributed by atoms with Crippen LogP contribution in [0.1, 0.15) is 11.6 Å². The molecule has 1 aromatic carbocycles. The van der Waals surface area contributed by atoms with Crippen LogP contribution in [0.3, 0.4) is 0 Å². The molecule has 2 aliphatic rings. The van der Waals surface area contributed by atoms with Gasteiger partial charge in [0, 0.05) is 6.54 Å². The van der Waals surface area contributed by atoms with E-state index in [1.807, 2.05) is 30.3 Å². The molecular formula is C17H17N3O3. The molecule has 6 nitrogen and oxygen atoms in total. The first-order valence-corrected chi connectivity index (χ1v) is 7.64. The average Bonchev–Trinajstić information content (AvgIpc) is 2.62. The van der Waals surface area contributed by atoms with Gasteiger partial charge in [0.05, 0.1) is 19.3 Å². The fourth-order valence-corrected chi connectivity index (χ4v) is 2.94. The van der Waals surface area contributed by atoms with Gasteiger partial charge in [0.2, 0.25) is 0 Å². The summed E-state index contributed by atoms with van der Waals surface area (Å²) in [4.78, 5) is 18.3. The maximum atomic E-state index is 11.5. The van der Waals surface area contributed by atoms with Gasteiger partial charge in [0.15, 0.2) is 18.2 Å². The molecule has 0 radical (unpaired) electrons. The van der Waals surface area contributed by atoms with Crippen molar-refractivity contribution in [3.63, 3.8) is 0 Å². The number of aromatic nitrogens is 1. The summed E-state index contributed by atoms with van der Waals surface area (Å²) in [6, 6.07) is 14.1. The third-order valence-corrected chi connectivity index (χ3v) is 4.07. The summed E-state index contributed by atoms with van der Waals surface area (Å²) in [5.41, 5.74) is 1.19. The quantitative estimate of drug-likeness (QED) is 0.919. The zero-order valence-corrected chi connectivity index (χ0v) is 12.6. The molecule has 1 N–H and O–H groups in total. The molecule has 1 fully saturated rings. The Morgan fingerprint density at radius 2 is 2.04 bits per heavy atom. The van der Waals surface area contributed by atoms with Crippen LogP contribution in [-0.2, 0) is 9.53 Å². The van der Waals surface area contributed by atoms with Gasteiger partial charge in [0.1, 0.15) is 5.82 Å². The van der Waals surface area contributed by atoms with Gasteiger partial charge in [0.25, 0.3) is 5.91 Å². The van der Waals surface area contributed by atoms with E-state index in [-0.39, 0.29) is 18.6 Å². The number of amides is 1. The van der Waals surface area contributed by atoms with Crippen LogP contribution in [0, 0.1) is 0 Å². The van der Waals surface area contributed by atoms with Crippen molar-refractivity contribution in [3.05, 3.63) is 48.0 Å². The lowest BCUT2D eigenvalue weighted by molar-refractivity contribution is -0.118. The zero-order chi connectivity index (χ0) is 15.6. The van der Waals surface area contributed by atoms with Crippen molar-refractivity contribution in [1.82, 2.24) is 4.98 Å². The van der Waals surface area contributed by atoms with E-state index >= 15 is 0 Å². The van der Waals surface area contributed by atoms with Crippen LogP contribution in [0.4, 0.5) is 11.6 Å². The Labute approximate surface area is 134 Å². The van der Waals surface area contributed by atoms with Gasteiger partial charge >= 0.3 is 0 Å². The van der Waals surface area contributed by atoms with Crippen molar-refractivity contribution in [2.45, 2.75) is 6.04 Å². The first-order valence-electron chi connectivity index (χ1n) is 7.64. The number of hydrogen-bond donors (Lipinski definition) is 1. The minimum absolute atomic E-state index is 0.0399. The fourth-order valence-electron chi connectivity index (χ4n) is 2.94. The number of carbonyl (C=O) groups is 1. The van der Waals surface area contributed by atoms with Crippen molar-refractivity contribution in [1.29, 1.82) is 0 Å². The van der Waals surface area contributed by atoms with E-state index in [9.17, 15) is 4.79 Å². The monoisotopic (exact) mass is 311 g/mol. The maximum Gasteiger partial charge on any atom is 0.263 e. The molecule has 0 spiro atoms. The van der Waals surface area contributed by atoms with Gasteiger partial charge in [-0.05, 0) is 17.7 Å². The van der Waals surface area contributed by atoms with Crippen LogP contribution < -0.4 is 15.0 Å². The van der Waals surface area contributed by atoms with Crippen molar-refractivity contribution in [2.24, 2.45) is 0 Å². The summed E-state index contributed by atoms with van der Waals surface area (Å²) in [5, 5.41) is 2.76. The van der Waals surface area contributed by atoms with E-state index in [1.165, 1.54) is 5.56 Å². The van der Waals surface area contributed by atoms with Crippen molar-refractivity contribution in [3.8, 4) is 5.75 Å². The van der Waals surface area contributed by atoms with Gasteiger partial charge < -0.3 is 19.7 Å². The number of morpholine rings is 1. The second kappa shape index (κ2) is 5.89. The van der Waals surface area contributed by atoms with Crippen LogP contribution in [0.5, 0.6) is 5.75 Å². The second-order valence-corrected chi connectivity index (χ2v) is 5.55. The first kappa shape index (κ1) is 14.0. The zero-order valence-electron chi connectivity index (χ0n) is 12.6. The number of nitrogens with one attached hydrogen (secondary N) is 1. The standard InChI is InChI=1S/C17H17N3O3/c21-16-11-23-14-6-7-15(18-17(14)19-16)20-8-9-22-10-13(20)12-4-2-1-3-5-12/h1-7,13H,8-11H2,(H,18,19,21). The highest BCUT2D eigenvalue weighted by atomic mass is 16.5. The highest BCUT2D eigenvalue weighted by molar-refractivity contribution is 5.94. The summed E-state index contributed by atoms with van der Waals surface area (Å²) >= 11 is 0. The van der Waals surface area contributed by atoms with Gasteiger partial charge in [-0.15, -0.1) is 0 Å². The number of fused-ring (bicyclic) bond motifs is 1. The lowest BCUT2D eigenvalue weighted by Gasteiger charge is -2.37. The van der Waals surface area contributed by atoms with Gasteiger partial charge in [-0.2, -0.15) is 0 Å². The predicted molar refractivity (Wildman–Crippen MR) is 85.7 cm³/mol. The Bertz CT molecular complexity index is 720. The molecule has 2 aliphatic heterocycles. The summed E-state index contributed by atoms with van der Waals surface area (Å²) < 4.78 is 11.0. The van der Waals surface area contributed by atoms with Crippen LogP contribution in [-0.4, -0.2) is 37.3 Å². The summed E-state index contributed by atoms with van der Waals surface area (Å²) in [6.07, 6.45) is 0. The molecule has 6 heteroatoms. The number of carbonyl (C=O) groups excluding carboxylic acids is 1. The Morgan fingerprint density at radius 1 is 1.17 bits per heavy atom. The lowest BCUT2D eigenvalue weighted by Crippen LogP contribution is -2.40. The van der Waals surface area contributed by atoms with Gasteiger partial charge in [-0.25, -0.2) is 4.98 Å². The van der Waals surface area contributed by atoms with E-state index < -0.39 is 0 Å². The summed E-state index contributed by atoms with van der Waals surface area (Å²) in [5.74, 6) is 1.73. The highest BCUT2D eigenvalue weighted by Crippen LogP contribution is 2.33. The molecule has 4 rings (SSSR count). The number of nitrogens with zero attached hydrogens (tertiary/aromatic N) is 2. The Kier molecular flexibility index (Phi) is 3.59. The normalized spacial score (nSPS) is 20.4. The maximum absolute atomic E-state index is 11.5. The Balaban J connectivity index is 1.67. The third kappa shape index (κ3) is 2.73. The summed E-state index contributed by atoms with van der Waals surface area (Å²) in [7, 11) is 0. The Morgan fingerprint density at radius 3 is 2.91 bits per heavy atom. The fraction of sp³-hybridized carbons (Fsp3) is 0.294. The molecule has 0 bridgehead atoms. The Hall–Kier alpha value is -2.60. The SMILES string of the molecule is O=C1COc2ccc(N3CCOCC3c3ccccc3)nc2N1. The predicted octanol–water partition coefficient (Wildman–Crippen LogP) is 1.99. The number of pyridine rings is 1. The van der Waals surface area contributed by atoms with Crippen LogP contribution >= 0.6 is 0 Å². The number of benzene rings is 1.